The monoisotopic (exact) mass is 168 g/mol. The lowest BCUT2D eigenvalue weighted by Crippen LogP contribution is -2.12. The molecule has 0 unspecified atom stereocenters. The van der Waals surface area contributed by atoms with Crippen LogP contribution in [0.5, 0.6) is 0 Å². The second-order valence-electron chi connectivity index (χ2n) is 3.69. The van der Waals surface area contributed by atoms with Gasteiger partial charge in [-0.1, -0.05) is 0 Å². The average molecular weight is 168 g/mol. The van der Waals surface area contributed by atoms with Gasteiger partial charge in [0, 0.05) is 22.4 Å². The van der Waals surface area contributed by atoms with Gasteiger partial charge in [0.2, 0.25) is 11.8 Å². The number of rotatable bonds is 7. The van der Waals surface area contributed by atoms with Crippen molar-refractivity contribution < 1.29 is 9.59 Å². The summed E-state index contributed by atoms with van der Waals surface area (Å²) < 4.78 is 0. The van der Waals surface area contributed by atoms with Crippen LogP contribution in [0.25, 0.3) is 0 Å². The summed E-state index contributed by atoms with van der Waals surface area (Å²) in [5, 5.41) is 0. The molecule has 0 saturated carbocycles. The first-order valence-electron chi connectivity index (χ1n) is 4.37. The largest absolute Gasteiger partial charge is 0.512 e. The zero-order chi connectivity index (χ0) is 9.45. The van der Waals surface area contributed by atoms with Crippen LogP contribution in [0, 0.1) is 5.41 Å². The third-order valence-corrected chi connectivity index (χ3v) is 1.86. The minimum absolute atomic E-state index is 0.315. The van der Waals surface area contributed by atoms with Crippen LogP contribution in [0.15, 0.2) is 0 Å². The predicted octanol–water partition coefficient (Wildman–Crippen LogP) is 2.18. The van der Waals surface area contributed by atoms with E-state index in [0.29, 0.717) is 6.42 Å². The Morgan fingerprint density at radius 1 is 1.08 bits per heavy atom. The molecule has 0 fully saturated rings. The molecule has 0 aliphatic heterocycles. The molecule has 0 rings (SSSR count). The molecule has 0 saturated heterocycles. The molecule has 66 valence electrons. The van der Waals surface area contributed by atoms with Crippen LogP contribution in [0.2, 0.25) is 0 Å². The molecule has 0 aliphatic rings. The van der Waals surface area contributed by atoms with E-state index in [2.05, 4.69) is 0 Å². The van der Waals surface area contributed by atoms with Crippen LogP contribution < -0.4 is 0 Å². The van der Waals surface area contributed by atoms with Crippen LogP contribution in [-0.2, 0) is 9.59 Å². The van der Waals surface area contributed by atoms with Crippen molar-refractivity contribution in [3.63, 3.8) is 0 Å². The highest BCUT2D eigenvalue weighted by atomic mass is 16.1. The van der Waals surface area contributed by atoms with Gasteiger partial charge in [-0.15, -0.1) is 0 Å². The van der Waals surface area contributed by atoms with E-state index in [9.17, 15) is 9.59 Å². The summed E-state index contributed by atoms with van der Waals surface area (Å²) >= 11 is 0. The van der Waals surface area contributed by atoms with Crippen molar-refractivity contribution in [1.82, 2.24) is 0 Å². The molecule has 0 aromatic heterocycles. The Labute approximate surface area is 74.3 Å². The van der Waals surface area contributed by atoms with Gasteiger partial charge in [0.15, 0.2) is 0 Å². The first kappa shape index (κ1) is 11.2. The maximum atomic E-state index is 10.4. The maximum absolute atomic E-state index is 10.4. The topological polar surface area (TPSA) is 34.1 Å². The molecular weight excluding hydrogens is 152 g/mol. The molecule has 2 heteroatoms. The Kier molecular flexibility index (Phi) is 5.36. The maximum Gasteiger partial charge on any atom is 0.512 e. The smallest absolute Gasteiger partial charge is 0.0483 e. The number of hydrogen-bond donors (Lipinski definition) is 0. The van der Waals surface area contributed by atoms with Crippen molar-refractivity contribution in [2.75, 3.05) is 0 Å². The van der Waals surface area contributed by atoms with Gasteiger partial charge in [0.1, 0.15) is 0 Å². The fraction of sp³-hybridized carbons (Fsp3) is 0.800. The number of hydrogen-bond acceptors (Lipinski definition) is 2. The van der Waals surface area contributed by atoms with E-state index in [1.165, 1.54) is 0 Å². The van der Waals surface area contributed by atoms with E-state index in [1.54, 1.807) is 0 Å². The van der Waals surface area contributed by atoms with Crippen LogP contribution in [-0.4, -0.2) is 12.6 Å². The standard InChI is InChI=1S/C10H16O2/c1-10(2,9-12)7-5-3-4-6-8-11/h3-7H2,1-2H3/q+2. The lowest BCUT2D eigenvalue weighted by molar-refractivity contribution is 0.406. The third kappa shape index (κ3) is 5.91. The van der Waals surface area contributed by atoms with E-state index in [1.807, 2.05) is 26.4 Å². The summed E-state index contributed by atoms with van der Waals surface area (Å²) in [7, 11) is 0. The Morgan fingerprint density at radius 2 is 1.75 bits per heavy atom. The van der Waals surface area contributed by atoms with Crippen LogP contribution in [0.4, 0.5) is 0 Å². The van der Waals surface area contributed by atoms with Crippen LogP contribution in [0.1, 0.15) is 46.0 Å². The Morgan fingerprint density at radius 3 is 2.25 bits per heavy atom. The van der Waals surface area contributed by atoms with E-state index < -0.39 is 0 Å². The molecule has 0 bridgehead atoms. The zero-order valence-electron chi connectivity index (χ0n) is 7.85. The summed E-state index contributed by atoms with van der Waals surface area (Å²) in [6.07, 6.45) is 8.11. The van der Waals surface area contributed by atoms with Crippen molar-refractivity contribution >= 4 is 12.6 Å². The highest BCUT2D eigenvalue weighted by Crippen LogP contribution is 2.20. The lowest BCUT2D eigenvalue weighted by Gasteiger charge is -2.02. The number of unbranched alkanes of at least 4 members (excludes halogenated alkanes) is 3. The first-order chi connectivity index (χ1) is 5.62. The third-order valence-electron chi connectivity index (χ3n) is 1.86. The van der Waals surface area contributed by atoms with Gasteiger partial charge in [-0.2, -0.15) is 0 Å². The van der Waals surface area contributed by atoms with E-state index >= 15 is 0 Å². The van der Waals surface area contributed by atoms with Crippen molar-refractivity contribution in [3.8, 4) is 0 Å². The fourth-order valence-corrected chi connectivity index (χ4v) is 0.992. The van der Waals surface area contributed by atoms with Crippen molar-refractivity contribution in [2.24, 2.45) is 5.41 Å². The lowest BCUT2D eigenvalue weighted by atomic mass is 9.89. The molecule has 2 nitrogen and oxygen atoms in total. The van der Waals surface area contributed by atoms with E-state index in [0.717, 1.165) is 25.7 Å². The molecule has 12 heavy (non-hydrogen) atoms. The molecule has 0 heterocycles. The second kappa shape index (κ2) is 5.77. The molecule has 0 amide bonds. The van der Waals surface area contributed by atoms with Gasteiger partial charge < -0.3 is 0 Å². The average Bonchev–Trinajstić information content (AvgIpc) is 2.04. The van der Waals surface area contributed by atoms with Gasteiger partial charge in [-0.05, 0) is 26.7 Å². The van der Waals surface area contributed by atoms with Gasteiger partial charge in [0.05, 0.1) is 0 Å². The SMILES string of the molecule is CC(C)([C+]=O)CCCCC[C+]=O. The minimum atomic E-state index is -0.315. The van der Waals surface area contributed by atoms with Crippen molar-refractivity contribution in [3.05, 3.63) is 0 Å². The highest BCUT2D eigenvalue weighted by molar-refractivity contribution is 5.58. The molecule has 0 atom stereocenters. The van der Waals surface area contributed by atoms with Crippen molar-refractivity contribution in [1.29, 1.82) is 0 Å². The Hall–Kier alpha value is -0.840. The molecule has 0 aromatic rings. The second-order valence-corrected chi connectivity index (χ2v) is 3.69. The fourth-order valence-electron chi connectivity index (χ4n) is 0.992. The normalized spacial score (nSPS) is 10.5. The van der Waals surface area contributed by atoms with Crippen LogP contribution >= 0.6 is 0 Å². The molecule has 0 spiro atoms. The zero-order valence-corrected chi connectivity index (χ0v) is 7.85. The Bertz CT molecular complexity index is 139. The molecule has 0 aliphatic carbocycles. The number of carbonyl (C=O) groups excluding carboxylic acids is 2. The van der Waals surface area contributed by atoms with Gasteiger partial charge >= 0.3 is 12.6 Å². The van der Waals surface area contributed by atoms with Gasteiger partial charge in [-0.25, -0.2) is 0 Å². The summed E-state index contributed by atoms with van der Waals surface area (Å²) in [6.45, 7) is 3.76. The van der Waals surface area contributed by atoms with E-state index in [-0.39, 0.29) is 5.41 Å². The molecule has 0 N–H and O–H groups in total. The minimum Gasteiger partial charge on any atom is -0.0483 e. The molecular formula is C10H16O2+2. The quantitative estimate of drug-likeness (QED) is 0.431. The highest BCUT2D eigenvalue weighted by Gasteiger charge is 2.31. The van der Waals surface area contributed by atoms with Gasteiger partial charge in [-0.3, -0.25) is 0 Å². The predicted molar refractivity (Wildman–Crippen MR) is 48.3 cm³/mol. The van der Waals surface area contributed by atoms with E-state index in [4.69, 9.17) is 0 Å². The molecule has 0 radical (unpaired) electrons. The van der Waals surface area contributed by atoms with Crippen LogP contribution in [0.3, 0.4) is 0 Å². The summed E-state index contributed by atoms with van der Waals surface area (Å²) in [5.41, 5.74) is -0.315. The van der Waals surface area contributed by atoms with Gasteiger partial charge in [0.25, 0.3) is 0 Å². The first-order valence-corrected chi connectivity index (χ1v) is 4.37. The summed E-state index contributed by atoms with van der Waals surface area (Å²) in [5.74, 6) is 0. The van der Waals surface area contributed by atoms with Crippen molar-refractivity contribution in [2.45, 2.75) is 46.0 Å². The Balaban J connectivity index is 3.30. The summed E-state index contributed by atoms with van der Waals surface area (Å²) in [6, 6.07) is 0. The molecule has 0 aromatic carbocycles. The summed E-state index contributed by atoms with van der Waals surface area (Å²) in [4.78, 5) is 20.2.